The fourth-order valence-corrected chi connectivity index (χ4v) is 8.05. The highest BCUT2D eigenvalue weighted by Crippen LogP contribution is 2.62. The molecule has 0 saturated heterocycles. The fourth-order valence-electron chi connectivity index (χ4n) is 5.33. The van der Waals surface area contributed by atoms with Gasteiger partial charge >= 0.3 is 5.97 Å². The molecule has 1 aliphatic heterocycles. The summed E-state index contributed by atoms with van der Waals surface area (Å²) in [6.07, 6.45) is 10.9. The van der Waals surface area contributed by atoms with Gasteiger partial charge < -0.3 is 20.1 Å². The molecule has 0 fully saturated rings. The zero-order valence-corrected chi connectivity index (χ0v) is 26.2. The number of thioether (sulfide) groups is 1. The van der Waals surface area contributed by atoms with Crippen molar-refractivity contribution in [1.29, 1.82) is 0 Å². The molecule has 2 aromatic rings. The molecule has 41 heavy (non-hydrogen) atoms. The highest BCUT2D eigenvalue weighted by atomic mass is 32.3. The predicted molar refractivity (Wildman–Crippen MR) is 170 cm³/mol. The first-order valence-corrected chi connectivity index (χ1v) is 17.2. The number of carbonyl (C=O) groups excluding carboxylic acids is 1. The Bertz CT molecular complexity index is 1210. The summed E-state index contributed by atoms with van der Waals surface area (Å²) in [5, 5.41) is 11.9. The Morgan fingerprint density at radius 3 is 2.29 bits per heavy atom. The van der Waals surface area contributed by atoms with Crippen molar-refractivity contribution >= 4 is 51.3 Å². The van der Waals surface area contributed by atoms with Crippen molar-refractivity contribution in [3.8, 4) is 5.75 Å². The van der Waals surface area contributed by atoms with Crippen LogP contribution in [0.2, 0.25) is 0 Å². The second-order valence-corrected chi connectivity index (χ2v) is 13.6. The summed E-state index contributed by atoms with van der Waals surface area (Å²) in [6.45, 7) is 6.89. The van der Waals surface area contributed by atoms with Crippen LogP contribution in [0.1, 0.15) is 72.1 Å². The lowest BCUT2D eigenvalue weighted by Gasteiger charge is -2.42. The van der Waals surface area contributed by atoms with Crippen molar-refractivity contribution in [2.24, 2.45) is 5.41 Å². The predicted octanol–water partition coefficient (Wildman–Crippen LogP) is 8.75. The topological polar surface area (TPSA) is 119 Å². The number of fused-ring (bicyclic) bond motifs is 1. The van der Waals surface area contributed by atoms with Crippen LogP contribution in [0.15, 0.2) is 58.5 Å². The second-order valence-electron chi connectivity index (χ2n) is 10.7. The van der Waals surface area contributed by atoms with Gasteiger partial charge in [-0.05, 0) is 55.9 Å². The molecule has 10 heteroatoms. The number of aliphatic carboxylic acids is 1. The maximum atomic E-state index is 12.2. The van der Waals surface area contributed by atoms with E-state index < -0.39 is 16.6 Å². The molecule has 0 radical (unpaired) electrons. The van der Waals surface area contributed by atoms with Crippen molar-refractivity contribution in [3.63, 3.8) is 0 Å². The van der Waals surface area contributed by atoms with Gasteiger partial charge in [-0.25, -0.2) is 4.79 Å². The molecule has 1 aliphatic rings. The van der Waals surface area contributed by atoms with Crippen LogP contribution in [-0.4, -0.2) is 44.6 Å². The molecule has 0 spiro atoms. The van der Waals surface area contributed by atoms with Crippen LogP contribution in [-0.2, 0) is 9.59 Å². The zero-order valence-electron chi connectivity index (χ0n) is 24.5. The number of nitrogens with one attached hydrogen (secondary N) is 1. The largest absolute Gasteiger partial charge is 0.478 e. The molecule has 8 nitrogen and oxygen atoms in total. The Balaban J connectivity index is 2.17. The molecule has 0 atom stereocenters. The smallest absolute Gasteiger partial charge is 0.331 e. The molecular formula is C31H44N2O6S2. The normalized spacial score (nSPS) is 16.6. The number of benzene rings is 2. The van der Waals surface area contributed by atoms with Gasteiger partial charge in [0.05, 0.1) is 27.8 Å². The summed E-state index contributed by atoms with van der Waals surface area (Å²) in [5.41, 5.74) is 1.97. The van der Waals surface area contributed by atoms with Gasteiger partial charge in [-0.15, -0.1) is 11.8 Å². The van der Waals surface area contributed by atoms with Crippen LogP contribution in [0.5, 0.6) is 5.75 Å². The molecule has 1 heterocycles. The second kappa shape index (κ2) is 15.0. The first kappa shape index (κ1) is 32.8. The van der Waals surface area contributed by atoms with Gasteiger partial charge in [0.2, 0.25) is 5.91 Å². The quantitative estimate of drug-likeness (QED) is 0.0960. The van der Waals surface area contributed by atoms with Gasteiger partial charge in [0, 0.05) is 41.6 Å². The van der Waals surface area contributed by atoms with Crippen LogP contribution in [0.4, 0.5) is 17.1 Å². The average molecular weight is 605 g/mol. The first-order valence-electron chi connectivity index (χ1n) is 14.3. The standard InChI is InChI=1S/C31H44N2O6S2/c1-5-8-16-31(17-9-6-2)21-33(24-13-11-23(12-14-24)32-29(34)10-7-3)25-19-27(40-4)26(39-18-15-30(35)36)20-28(25)41(37,38)22-31/h11-15,18-20,37-38H,5-10,16-17,21-22H2,1-4H3,(H,32,34)(H,35,36)/b18-15+. The number of rotatable bonds is 14. The Morgan fingerprint density at radius 1 is 1.07 bits per heavy atom. The van der Waals surface area contributed by atoms with Crippen LogP contribution < -0.4 is 15.0 Å². The maximum Gasteiger partial charge on any atom is 0.331 e. The van der Waals surface area contributed by atoms with E-state index in [0.29, 0.717) is 35.0 Å². The summed E-state index contributed by atoms with van der Waals surface area (Å²) >= 11 is 1.44. The third-order valence-electron chi connectivity index (χ3n) is 7.36. The van der Waals surface area contributed by atoms with E-state index in [4.69, 9.17) is 9.84 Å². The number of carbonyl (C=O) groups is 2. The van der Waals surface area contributed by atoms with Crippen LogP contribution in [0.25, 0.3) is 0 Å². The number of ether oxygens (including phenoxy) is 1. The molecule has 226 valence electrons. The van der Waals surface area contributed by atoms with Gasteiger partial charge in [0.25, 0.3) is 0 Å². The molecule has 0 saturated carbocycles. The molecule has 0 aliphatic carbocycles. The molecule has 3 rings (SSSR count). The SMILES string of the molecule is CCCCC1(CCCC)CN(c2ccc(NC(=O)CCC)cc2)c2cc(SC)c(O/C=C/C(=O)O)cc2S(O)(O)C1. The monoisotopic (exact) mass is 604 g/mol. The molecule has 1 amide bonds. The van der Waals surface area contributed by atoms with E-state index in [-0.39, 0.29) is 17.1 Å². The van der Waals surface area contributed by atoms with Gasteiger partial charge in [0.15, 0.2) is 0 Å². The summed E-state index contributed by atoms with van der Waals surface area (Å²) in [4.78, 5) is 26.5. The number of hydrogen-bond acceptors (Lipinski definition) is 7. The van der Waals surface area contributed by atoms with E-state index >= 15 is 0 Å². The number of anilines is 3. The Kier molecular flexibility index (Phi) is 12.0. The first-order chi connectivity index (χ1) is 19.6. The lowest BCUT2D eigenvalue weighted by Crippen LogP contribution is -2.37. The molecule has 0 aromatic heterocycles. The lowest BCUT2D eigenvalue weighted by atomic mass is 9.79. The minimum atomic E-state index is -3.24. The minimum absolute atomic E-state index is 0.0263. The molecule has 2 aromatic carbocycles. The van der Waals surface area contributed by atoms with E-state index in [9.17, 15) is 18.7 Å². The number of hydrogen-bond donors (Lipinski definition) is 4. The van der Waals surface area contributed by atoms with E-state index in [2.05, 4.69) is 24.1 Å². The Hall–Kier alpha value is -2.66. The van der Waals surface area contributed by atoms with Gasteiger partial charge in [-0.3, -0.25) is 13.9 Å². The number of unbranched alkanes of at least 4 members (excludes halogenated alkanes) is 2. The summed E-state index contributed by atoms with van der Waals surface area (Å²) in [5.74, 6) is -0.539. The zero-order chi connectivity index (χ0) is 30.0. The van der Waals surface area contributed by atoms with Crippen LogP contribution in [0.3, 0.4) is 0 Å². The van der Waals surface area contributed by atoms with Crippen LogP contribution in [0, 0.1) is 5.41 Å². The Morgan fingerprint density at radius 2 is 1.73 bits per heavy atom. The van der Waals surface area contributed by atoms with Gasteiger partial charge in [0.1, 0.15) is 5.75 Å². The minimum Gasteiger partial charge on any atom is -0.478 e. The maximum absolute atomic E-state index is 12.2. The summed E-state index contributed by atoms with van der Waals surface area (Å²) in [7, 11) is -3.24. The molecule has 0 unspecified atom stereocenters. The van der Waals surface area contributed by atoms with Crippen molar-refractivity contribution < 1.29 is 28.5 Å². The van der Waals surface area contributed by atoms with Crippen molar-refractivity contribution in [1.82, 2.24) is 0 Å². The van der Waals surface area contributed by atoms with E-state index in [0.717, 1.165) is 67.9 Å². The van der Waals surface area contributed by atoms with E-state index in [1.807, 2.05) is 43.5 Å². The molecule has 4 N–H and O–H groups in total. The number of carboxylic acid groups (broad SMARTS) is 1. The fraction of sp³-hybridized carbons (Fsp3) is 0.484. The number of nitrogens with zero attached hydrogens (tertiary/aromatic N) is 1. The average Bonchev–Trinajstić information content (AvgIpc) is 3.02. The molecular weight excluding hydrogens is 560 g/mol. The third kappa shape index (κ3) is 8.67. The van der Waals surface area contributed by atoms with E-state index in [1.54, 1.807) is 6.07 Å². The van der Waals surface area contributed by atoms with E-state index in [1.165, 1.54) is 11.8 Å². The number of amides is 1. The third-order valence-corrected chi connectivity index (χ3v) is 10.2. The van der Waals surface area contributed by atoms with Crippen molar-refractivity contribution in [3.05, 3.63) is 48.7 Å². The number of carboxylic acids is 1. The highest BCUT2D eigenvalue weighted by molar-refractivity contribution is 8.24. The summed E-state index contributed by atoms with van der Waals surface area (Å²) in [6, 6.07) is 11.3. The van der Waals surface area contributed by atoms with Gasteiger partial charge in [-0.2, -0.15) is 10.6 Å². The molecule has 0 bridgehead atoms. The van der Waals surface area contributed by atoms with Crippen molar-refractivity contribution in [2.75, 3.05) is 28.8 Å². The Labute approximate surface area is 249 Å². The van der Waals surface area contributed by atoms with Crippen molar-refractivity contribution in [2.45, 2.75) is 81.9 Å². The lowest BCUT2D eigenvalue weighted by molar-refractivity contribution is -0.131. The van der Waals surface area contributed by atoms with Crippen LogP contribution >= 0.6 is 22.4 Å². The van der Waals surface area contributed by atoms with Gasteiger partial charge in [-0.1, -0.05) is 46.5 Å². The summed E-state index contributed by atoms with van der Waals surface area (Å²) < 4.78 is 29.3. The highest BCUT2D eigenvalue weighted by Gasteiger charge is 2.42.